The van der Waals surface area contributed by atoms with Crippen LogP contribution in [0.3, 0.4) is 0 Å². The second-order valence-corrected chi connectivity index (χ2v) is 7.08. The minimum atomic E-state index is -0.253. The molecule has 0 spiro atoms. The standard InChI is InChI=1S/C15H18N2O3S/c1-9-11-7-12(21-13(11)17(2)16-9)14(18)20-15(4-5-15)10-3-6-19-8-10/h7,10H,3-6,8H2,1-2H3/t10-/m0/s1. The lowest BCUT2D eigenvalue weighted by atomic mass is 9.99. The third-order valence-electron chi connectivity index (χ3n) is 4.61. The number of fused-ring (bicyclic) bond motifs is 1. The highest BCUT2D eigenvalue weighted by Gasteiger charge is 2.54. The molecular formula is C15H18N2O3S. The molecule has 0 radical (unpaired) electrons. The summed E-state index contributed by atoms with van der Waals surface area (Å²) in [6.07, 6.45) is 2.94. The lowest BCUT2D eigenvalue weighted by Crippen LogP contribution is -2.29. The molecule has 3 heterocycles. The predicted molar refractivity (Wildman–Crippen MR) is 79.6 cm³/mol. The second kappa shape index (κ2) is 4.55. The van der Waals surface area contributed by atoms with Gasteiger partial charge in [-0.25, -0.2) is 4.79 Å². The van der Waals surface area contributed by atoms with Gasteiger partial charge < -0.3 is 9.47 Å². The summed E-state index contributed by atoms with van der Waals surface area (Å²) in [5.41, 5.74) is 0.699. The van der Waals surface area contributed by atoms with Crippen molar-refractivity contribution in [3.8, 4) is 0 Å². The van der Waals surface area contributed by atoms with Gasteiger partial charge in [-0.1, -0.05) is 0 Å². The Morgan fingerprint density at radius 2 is 2.38 bits per heavy atom. The van der Waals surface area contributed by atoms with Crippen molar-refractivity contribution in [3.63, 3.8) is 0 Å². The first kappa shape index (κ1) is 13.3. The van der Waals surface area contributed by atoms with E-state index < -0.39 is 0 Å². The summed E-state index contributed by atoms with van der Waals surface area (Å²) in [4.78, 5) is 14.2. The number of esters is 1. The number of hydrogen-bond acceptors (Lipinski definition) is 5. The van der Waals surface area contributed by atoms with E-state index in [0.717, 1.165) is 48.4 Å². The van der Waals surface area contributed by atoms with Crippen LogP contribution in [0.2, 0.25) is 0 Å². The summed E-state index contributed by atoms with van der Waals surface area (Å²) in [5.74, 6) is 0.180. The molecule has 0 N–H and O–H groups in total. The van der Waals surface area contributed by atoms with Gasteiger partial charge in [-0.3, -0.25) is 4.68 Å². The van der Waals surface area contributed by atoms with E-state index in [2.05, 4.69) is 5.10 Å². The van der Waals surface area contributed by atoms with Crippen molar-refractivity contribution in [2.45, 2.75) is 31.8 Å². The van der Waals surface area contributed by atoms with Crippen LogP contribution in [0.5, 0.6) is 0 Å². The van der Waals surface area contributed by atoms with Gasteiger partial charge >= 0.3 is 5.97 Å². The molecule has 0 unspecified atom stereocenters. The first-order valence-electron chi connectivity index (χ1n) is 7.33. The van der Waals surface area contributed by atoms with Crippen molar-refractivity contribution in [1.29, 1.82) is 0 Å². The topological polar surface area (TPSA) is 53.4 Å². The van der Waals surface area contributed by atoms with Crippen LogP contribution in [0.25, 0.3) is 10.2 Å². The Morgan fingerprint density at radius 3 is 3.00 bits per heavy atom. The van der Waals surface area contributed by atoms with Gasteiger partial charge in [-0.2, -0.15) is 5.10 Å². The molecule has 0 aromatic carbocycles. The van der Waals surface area contributed by atoms with Crippen molar-refractivity contribution in [3.05, 3.63) is 16.6 Å². The van der Waals surface area contributed by atoms with Crippen LogP contribution in [0.15, 0.2) is 6.07 Å². The Balaban J connectivity index is 1.57. The lowest BCUT2D eigenvalue weighted by Gasteiger charge is -2.21. The molecule has 1 aliphatic heterocycles. The van der Waals surface area contributed by atoms with Crippen molar-refractivity contribution in [1.82, 2.24) is 9.78 Å². The fourth-order valence-electron chi connectivity index (χ4n) is 3.21. The Morgan fingerprint density at radius 1 is 1.57 bits per heavy atom. The van der Waals surface area contributed by atoms with Crippen molar-refractivity contribution in [2.75, 3.05) is 13.2 Å². The minimum Gasteiger partial charge on any atom is -0.454 e. The number of thiophene rings is 1. The van der Waals surface area contributed by atoms with Crippen molar-refractivity contribution >= 4 is 27.5 Å². The van der Waals surface area contributed by atoms with Gasteiger partial charge in [-0.15, -0.1) is 11.3 Å². The number of nitrogens with zero attached hydrogens (tertiary/aromatic N) is 2. The summed E-state index contributed by atoms with van der Waals surface area (Å²) in [5, 5.41) is 5.40. The SMILES string of the molecule is Cc1nn(C)c2sc(C(=O)OC3([C@H]4CCOC4)CC3)cc12. The van der Waals surface area contributed by atoms with E-state index in [-0.39, 0.29) is 11.6 Å². The van der Waals surface area contributed by atoms with E-state index in [1.54, 1.807) is 0 Å². The normalized spacial score (nSPS) is 23.6. The summed E-state index contributed by atoms with van der Waals surface area (Å²) >= 11 is 1.46. The predicted octanol–water partition coefficient (Wildman–Crippen LogP) is 2.67. The third kappa shape index (κ3) is 2.08. The van der Waals surface area contributed by atoms with Gasteiger partial charge in [0.25, 0.3) is 0 Å². The molecule has 5 nitrogen and oxygen atoms in total. The highest BCUT2D eigenvalue weighted by molar-refractivity contribution is 7.20. The Bertz CT molecular complexity index is 673. The maximum Gasteiger partial charge on any atom is 0.348 e. The zero-order valence-electron chi connectivity index (χ0n) is 12.2. The summed E-state index contributed by atoms with van der Waals surface area (Å²) in [6, 6.07) is 1.91. The van der Waals surface area contributed by atoms with Gasteiger partial charge in [0.05, 0.1) is 12.3 Å². The molecule has 1 aliphatic carbocycles. The first-order chi connectivity index (χ1) is 10.1. The molecule has 4 rings (SSSR count). The van der Waals surface area contributed by atoms with Crippen LogP contribution < -0.4 is 0 Å². The number of rotatable bonds is 3. The van der Waals surface area contributed by atoms with E-state index in [9.17, 15) is 4.79 Å². The third-order valence-corrected chi connectivity index (χ3v) is 5.79. The van der Waals surface area contributed by atoms with Crippen LogP contribution in [0, 0.1) is 12.8 Å². The molecule has 6 heteroatoms. The molecule has 2 aromatic heterocycles. The molecule has 2 aliphatic rings. The number of carbonyl (C=O) groups is 1. The van der Waals surface area contributed by atoms with Gasteiger partial charge in [0.2, 0.25) is 0 Å². The Kier molecular flexibility index (Phi) is 2.87. The highest BCUT2D eigenvalue weighted by Crippen LogP contribution is 2.49. The maximum atomic E-state index is 12.5. The van der Waals surface area contributed by atoms with Gasteiger partial charge in [0.15, 0.2) is 0 Å². The monoisotopic (exact) mass is 306 g/mol. The fourth-order valence-corrected chi connectivity index (χ4v) is 4.21. The van der Waals surface area contributed by atoms with E-state index in [1.165, 1.54) is 11.3 Å². The van der Waals surface area contributed by atoms with Crippen LogP contribution >= 0.6 is 11.3 Å². The maximum absolute atomic E-state index is 12.5. The number of aromatic nitrogens is 2. The second-order valence-electron chi connectivity index (χ2n) is 6.05. The molecule has 2 fully saturated rings. The molecule has 0 amide bonds. The molecule has 1 saturated carbocycles. The van der Waals surface area contributed by atoms with Crippen molar-refractivity contribution < 1.29 is 14.3 Å². The summed E-state index contributed by atoms with van der Waals surface area (Å²) in [7, 11) is 1.90. The molecule has 1 saturated heterocycles. The lowest BCUT2D eigenvalue weighted by molar-refractivity contribution is 0.00137. The number of aryl methyl sites for hydroxylation is 2. The molecule has 112 valence electrons. The average molecular weight is 306 g/mol. The average Bonchev–Trinajstić information content (AvgIpc) is 2.90. The van der Waals surface area contributed by atoms with Crippen molar-refractivity contribution in [2.24, 2.45) is 13.0 Å². The summed E-state index contributed by atoms with van der Waals surface area (Å²) in [6.45, 7) is 3.48. The van der Waals surface area contributed by atoms with E-state index in [1.807, 2.05) is 24.7 Å². The Hall–Kier alpha value is -1.40. The number of carbonyl (C=O) groups excluding carboxylic acids is 1. The van der Waals surface area contributed by atoms with Crippen LogP contribution in [0.4, 0.5) is 0 Å². The minimum absolute atomic E-state index is 0.194. The van der Waals surface area contributed by atoms with Gasteiger partial charge in [0.1, 0.15) is 15.3 Å². The van der Waals surface area contributed by atoms with Crippen LogP contribution in [0.1, 0.15) is 34.6 Å². The molecule has 21 heavy (non-hydrogen) atoms. The molecule has 0 bridgehead atoms. The smallest absolute Gasteiger partial charge is 0.348 e. The molecular weight excluding hydrogens is 288 g/mol. The fraction of sp³-hybridized carbons (Fsp3) is 0.600. The largest absolute Gasteiger partial charge is 0.454 e. The number of hydrogen-bond donors (Lipinski definition) is 0. The molecule has 1 atom stereocenters. The zero-order chi connectivity index (χ0) is 14.6. The quantitative estimate of drug-likeness (QED) is 0.818. The summed E-state index contributed by atoms with van der Waals surface area (Å²) < 4.78 is 13.1. The van der Waals surface area contributed by atoms with E-state index >= 15 is 0 Å². The van der Waals surface area contributed by atoms with E-state index in [0.29, 0.717) is 10.8 Å². The van der Waals surface area contributed by atoms with Crippen LogP contribution in [-0.4, -0.2) is 34.6 Å². The zero-order valence-corrected chi connectivity index (χ0v) is 13.0. The molecule has 2 aromatic rings. The first-order valence-corrected chi connectivity index (χ1v) is 8.15. The number of ether oxygens (including phenoxy) is 2. The van der Waals surface area contributed by atoms with E-state index in [4.69, 9.17) is 9.47 Å². The Labute approximate surface area is 126 Å². The van der Waals surface area contributed by atoms with Crippen LogP contribution in [-0.2, 0) is 16.5 Å². The van der Waals surface area contributed by atoms with Gasteiger partial charge in [0, 0.05) is 25.0 Å². The highest BCUT2D eigenvalue weighted by atomic mass is 32.1. The van der Waals surface area contributed by atoms with Gasteiger partial charge in [-0.05, 0) is 32.3 Å².